The lowest BCUT2D eigenvalue weighted by molar-refractivity contribution is 0.305. The SMILES string of the molecule is CS(=O)(=O)c1ccc(-c2ccc(C#N)c(OCc3ccccc3)c2)cc1. The van der Waals surface area contributed by atoms with Crippen molar-refractivity contribution < 1.29 is 13.2 Å². The van der Waals surface area contributed by atoms with Crippen LogP contribution in [0.25, 0.3) is 11.1 Å². The molecule has 0 saturated carbocycles. The molecule has 3 rings (SSSR count). The number of hydrogen-bond donors (Lipinski definition) is 0. The average molecular weight is 363 g/mol. The van der Waals surface area contributed by atoms with Crippen LogP contribution in [0.15, 0.2) is 77.7 Å². The highest BCUT2D eigenvalue weighted by Gasteiger charge is 2.10. The van der Waals surface area contributed by atoms with Crippen LogP contribution in [-0.2, 0) is 16.4 Å². The van der Waals surface area contributed by atoms with E-state index < -0.39 is 9.84 Å². The fourth-order valence-corrected chi connectivity index (χ4v) is 3.17. The average Bonchev–Trinajstić information content (AvgIpc) is 2.66. The largest absolute Gasteiger partial charge is 0.488 e. The molecule has 26 heavy (non-hydrogen) atoms. The lowest BCUT2D eigenvalue weighted by Gasteiger charge is -2.11. The van der Waals surface area contributed by atoms with E-state index >= 15 is 0 Å². The van der Waals surface area contributed by atoms with E-state index in [1.54, 1.807) is 36.4 Å². The molecule has 0 aliphatic carbocycles. The molecular formula is C21H17NO3S. The van der Waals surface area contributed by atoms with Crippen molar-refractivity contribution in [1.82, 2.24) is 0 Å². The maximum atomic E-state index is 11.6. The van der Waals surface area contributed by atoms with E-state index in [1.807, 2.05) is 36.4 Å². The monoisotopic (exact) mass is 363 g/mol. The molecule has 3 aromatic rings. The van der Waals surface area contributed by atoms with Gasteiger partial charge in [0, 0.05) is 6.26 Å². The molecule has 3 aromatic carbocycles. The van der Waals surface area contributed by atoms with Gasteiger partial charge in [-0.3, -0.25) is 0 Å². The predicted octanol–water partition coefficient (Wildman–Crippen LogP) is 4.21. The summed E-state index contributed by atoms with van der Waals surface area (Å²) in [5.41, 5.74) is 3.18. The Morgan fingerprint density at radius 1 is 0.923 bits per heavy atom. The molecule has 5 heteroatoms. The van der Waals surface area contributed by atoms with Gasteiger partial charge in [-0.1, -0.05) is 48.5 Å². The highest BCUT2D eigenvalue weighted by molar-refractivity contribution is 7.90. The van der Waals surface area contributed by atoms with Crippen molar-refractivity contribution >= 4 is 9.84 Å². The summed E-state index contributed by atoms with van der Waals surface area (Å²) in [4.78, 5) is 0.274. The third kappa shape index (κ3) is 4.11. The molecule has 0 saturated heterocycles. The fourth-order valence-electron chi connectivity index (χ4n) is 2.54. The van der Waals surface area contributed by atoms with E-state index in [0.29, 0.717) is 17.9 Å². The van der Waals surface area contributed by atoms with Crippen LogP contribution in [-0.4, -0.2) is 14.7 Å². The predicted molar refractivity (Wildman–Crippen MR) is 100 cm³/mol. The Balaban J connectivity index is 1.88. The minimum Gasteiger partial charge on any atom is -0.488 e. The van der Waals surface area contributed by atoms with Crippen LogP contribution < -0.4 is 4.74 Å². The second kappa shape index (κ2) is 7.42. The van der Waals surface area contributed by atoms with E-state index in [4.69, 9.17) is 4.74 Å². The van der Waals surface area contributed by atoms with Crippen LogP contribution in [0.4, 0.5) is 0 Å². The van der Waals surface area contributed by atoms with E-state index in [9.17, 15) is 13.7 Å². The molecule has 0 amide bonds. The summed E-state index contributed by atoms with van der Waals surface area (Å²) >= 11 is 0. The summed E-state index contributed by atoms with van der Waals surface area (Å²) in [6, 6.07) is 23.8. The number of rotatable bonds is 5. The van der Waals surface area contributed by atoms with Gasteiger partial charge >= 0.3 is 0 Å². The first kappa shape index (κ1) is 17.7. The Kier molecular flexibility index (Phi) is 5.06. The molecule has 0 N–H and O–H groups in total. The Labute approximate surface area is 153 Å². The van der Waals surface area contributed by atoms with Crippen LogP contribution in [0.1, 0.15) is 11.1 Å². The highest BCUT2D eigenvalue weighted by atomic mass is 32.2. The molecule has 4 nitrogen and oxygen atoms in total. The van der Waals surface area contributed by atoms with E-state index in [1.165, 1.54) is 6.26 Å². The number of nitrogens with zero attached hydrogens (tertiary/aromatic N) is 1. The number of sulfone groups is 1. The van der Waals surface area contributed by atoms with Gasteiger partial charge in [-0.15, -0.1) is 0 Å². The van der Waals surface area contributed by atoms with Crippen molar-refractivity contribution in [3.8, 4) is 22.9 Å². The van der Waals surface area contributed by atoms with Crippen molar-refractivity contribution in [3.63, 3.8) is 0 Å². The van der Waals surface area contributed by atoms with Crippen LogP contribution in [0.3, 0.4) is 0 Å². The van der Waals surface area contributed by atoms with Gasteiger partial charge in [-0.2, -0.15) is 5.26 Å². The van der Waals surface area contributed by atoms with E-state index in [-0.39, 0.29) is 4.90 Å². The standard InChI is InChI=1S/C21H17NO3S/c1-26(23,24)20-11-9-17(10-12-20)18-7-8-19(14-22)21(13-18)25-15-16-5-3-2-4-6-16/h2-13H,15H2,1H3. The Morgan fingerprint density at radius 2 is 1.58 bits per heavy atom. The third-order valence-corrected chi connectivity index (χ3v) is 5.08. The minimum atomic E-state index is -3.23. The van der Waals surface area contributed by atoms with Crippen molar-refractivity contribution in [3.05, 3.63) is 83.9 Å². The van der Waals surface area contributed by atoms with Gasteiger partial charge in [0.15, 0.2) is 9.84 Å². The van der Waals surface area contributed by atoms with Gasteiger partial charge in [0.05, 0.1) is 10.5 Å². The minimum absolute atomic E-state index is 0.274. The number of ether oxygens (including phenoxy) is 1. The molecule has 0 bridgehead atoms. The highest BCUT2D eigenvalue weighted by Crippen LogP contribution is 2.28. The Bertz CT molecular complexity index is 1050. The van der Waals surface area contributed by atoms with Gasteiger partial charge in [-0.25, -0.2) is 8.42 Å². The number of benzene rings is 3. The molecule has 0 atom stereocenters. The summed E-state index contributed by atoms with van der Waals surface area (Å²) in [7, 11) is -3.23. The number of hydrogen-bond acceptors (Lipinski definition) is 4. The molecule has 0 aromatic heterocycles. The zero-order valence-electron chi connectivity index (χ0n) is 14.2. The Morgan fingerprint density at radius 3 is 2.19 bits per heavy atom. The Hall–Kier alpha value is -3.10. The van der Waals surface area contributed by atoms with Gasteiger partial charge in [-0.05, 0) is 41.0 Å². The normalized spacial score (nSPS) is 10.9. The first-order chi connectivity index (χ1) is 12.5. The molecule has 0 aliphatic heterocycles. The van der Waals surface area contributed by atoms with Crippen molar-refractivity contribution in [2.24, 2.45) is 0 Å². The van der Waals surface area contributed by atoms with Crippen molar-refractivity contribution in [1.29, 1.82) is 5.26 Å². The van der Waals surface area contributed by atoms with Gasteiger partial charge in [0.2, 0.25) is 0 Å². The zero-order chi connectivity index (χ0) is 18.6. The zero-order valence-corrected chi connectivity index (χ0v) is 15.0. The molecule has 0 radical (unpaired) electrons. The molecule has 0 unspecified atom stereocenters. The lowest BCUT2D eigenvalue weighted by atomic mass is 10.0. The summed E-state index contributed by atoms with van der Waals surface area (Å²) in [5.74, 6) is 0.501. The third-order valence-electron chi connectivity index (χ3n) is 3.96. The quantitative estimate of drug-likeness (QED) is 0.681. The summed E-state index contributed by atoms with van der Waals surface area (Å²) in [6.07, 6.45) is 1.18. The summed E-state index contributed by atoms with van der Waals surface area (Å²) < 4.78 is 29.0. The van der Waals surface area contributed by atoms with Crippen LogP contribution in [0, 0.1) is 11.3 Å². The second-order valence-electron chi connectivity index (χ2n) is 5.89. The maximum absolute atomic E-state index is 11.6. The molecule has 0 spiro atoms. The summed E-state index contributed by atoms with van der Waals surface area (Å²) in [6.45, 7) is 0.367. The van der Waals surface area contributed by atoms with E-state index in [0.717, 1.165) is 16.7 Å². The van der Waals surface area contributed by atoms with Gasteiger partial charge in [0.25, 0.3) is 0 Å². The maximum Gasteiger partial charge on any atom is 0.175 e. The lowest BCUT2D eigenvalue weighted by Crippen LogP contribution is -1.98. The van der Waals surface area contributed by atoms with Crippen LogP contribution in [0.5, 0.6) is 5.75 Å². The first-order valence-electron chi connectivity index (χ1n) is 7.99. The first-order valence-corrected chi connectivity index (χ1v) is 9.88. The molecule has 130 valence electrons. The van der Waals surface area contributed by atoms with Gasteiger partial charge in [0.1, 0.15) is 18.4 Å². The number of nitriles is 1. The molecule has 0 heterocycles. The topological polar surface area (TPSA) is 67.2 Å². The molecule has 0 fully saturated rings. The second-order valence-corrected chi connectivity index (χ2v) is 7.91. The van der Waals surface area contributed by atoms with Crippen molar-refractivity contribution in [2.75, 3.05) is 6.26 Å². The van der Waals surface area contributed by atoms with Crippen molar-refractivity contribution in [2.45, 2.75) is 11.5 Å². The summed E-state index contributed by atoms with van der Waals surface area (Å²) in [5, 5.41) is 9.31. The fraction of sp³-hybridized carbons (Fsp3) is 0.0952. The van der Waals surface area contributed by atoms with E-state index in [2.05, 4.69) is 6.07 Å². The smallest absolute Gasteiger partial charge is 0.175 e. The van der Waals surface area contributed by atoms with Gasteiger partial charge < -0.3 is 4.74 Å². The molecule has 0 aliphatic rings. The van der Waals surface area contributed by atoms with Crippen LogP contribution in [0.2, 0.25) is 0 Å². The van der Waals surface area contributed by atoms with Crippen LogP contribution >= 0.6 is 0 Å². The molecular weight excluding hydrogens is 346 g/mol.